The quantitative estimate of drug-likeness (QED) is 0.617. The maximum absolute atomic E-state index is 13.3. The summed E-state index contributed by atoms with van der Waals surface area (Å²) in [5, 5.41) is 0.436. The smallest absolute Gasteiger partial charge is 0.261 e. The van der Waals surface area contributed by atoms with Gasteiger partial charge in [0.15, 0.2) is 0 Å². The second-order valence-corrected chi connectivity index (χ2v) is 8.28. The normalized spacial score (nSPS) is 33.6. The number of benzene rings is 1. The molecular formula is C19H22ClN3O2. The number of nitrogen functional groups attached to an aromatic ring is 1. The molecule has 3 saturated heterocycles. The summed E-state index contributed by atoms with van der Waals surface area (Å²) in [5.74, 6) is 0.0252. The van der Waals surface area contributed by atoms with Crippen molar-refractivity contribution in [3.63, 3.8) is 0 Å². The molecule has 2 bridgehead atoms. The second kappa shape index (κ2) is 5.45. The molecule has 0 saturated carbocycles. The average Bonchev–Trinajstić information content (AvgIpc) is 2.64. The first-order chi connectivity index (χ1) is 12.1. The highest BCUT2D eigenvalue weighted by Gasteiger charge is 2.48. The van der Waals surface area contributed by atoms with Crippen LogP contribution in [0.3, 0.4) is 0 Å². The average molecular weight is 360 g/mol. The minimum absolute atomic E-state index is 0.0114. The summed E-state index contributed by atoms with van der Waals surface area (Å²) < 4.78 is 0. The van der Waals surface area contributed by atoms with Gasteiger partial charge in [-0.05, 0) is 68.3 Å². The largest absolute Gasteiger partial charge is 0.397 e. The van der Waals surface area contributed by atoms with Crippen LogP contribution in [0.15, 0.2) is 6.07 Å². The zero-order valence-corrected chi connectivity index (χ0v) is 14.9. The molecule has 2 unspecified atom stereocenters. The molecule has 0 aromatic heterocycles. The Morgan fingerprint density at radius 1 is 1.16 bits per heavy atom. The van der Waals surface area contributed by atoms with Crippen molar-refractivity contribution in [3.8, 4) is 0 Å². The lowest BCUT2D eigenvalue weighted by atomic mass is 9.74. The van der Waals surface area contributed by atoms with Gasteiger partial charge in [0.05, 0.1) is 22.7 Å². The third-order valence-corrected chi connectivity index (χ3v) is 6.99. The van der Waals surface area contributed by atoms with Gasteiger partial charge < -0.3 is 10.6 Å². The van der Waals surface area contributed by atoms with E-state index in [9.17, 15) is 9.59 Å². The third-order valence-electron chi connectivity index (χ3n) is 6.67. The van der Waals surface area contributed by atoms with Crippen LogP contribution in [-0.4, -0.2) is 47.3 Å². The molecule has 2 amide bonds. The van der Waals surface area contributed by atoms with Crippen LogP contribution in [0.5, 0.6) is 0 Å². The summed E-state index contributed by atoms with van der Waals surface area (Å²) in [4.78, 5) is 30.6. The molecule has 132 valence electrons. The van der Waals surface area contributed by atoms with E-state index in [1.165, 1.54) is 0 Å². The van der Waals surface area contributed by atoms with E-state index in [1.807, 2.05) is 0 Å². The van der Waals surface area contributed by atoms with Crippen LogP contribution in [0.1, 0.15) is 53.1 Å². The monoisotopic (exact) mass is 359 g/mol. The molecule has 6 heteroatoms. The standard InChI is InChI=1S/C19H22ClN3O2/c20-14-8-13-16-11(17(14)21)2-1-3-12(16)18(24)23(19(13)25)15-9-22-6-4-10(15)5-7-22/h8,10,12,15H,1-7,9,21H2. The van der Waals surface area contributed by atoms with Gasteiger partial charge >= 0.3 is 0 Å². The number of anilines is 1. The zero-order valence-electron chi connectivity index (χ0n) is 14.1. The van der Waals surface area contributed by atoms with Gasteiger partial charge in [-0.1, -0.05) is 11.6 Å². The summed E-state index contributed by atoms with van der Waals surface area (Å²) in [6.07, 6.45) is 4.66. The number of nitrogens with two attached hydrogens (primary N) is 1. The summed E-state index contributed by atoms with van der Waals surface area (Å²) in [6, 6.07) is 1.70. The number of carbonyl (C=O) groups excluding carboxylic acids is 2. The lowest BCUT2D eigenvalue weighted by Crippen LogP contribution is -2.62. The fourth-order valence-corrected chi connectivity index (χ4v) is 5.61. The molecule has 6 rings (SSSR count). The predicted octanol–water partition coefficient (Wildman–Crippen LogP) is 2.42. The number of rotatable bonds is 1. The van der Waals surface area contributed by atoms with Crippen LogP contribution in [0.25, 0.3) is 0 Å². The van der Waals surface area contributed by atoms with Gasteiger partial charge in [-0.3, -0.25) is 14.5 Å². The Balaban J connectivity index is 1.63. The van der Waals surface area contributed by atoms with Crippen molar-refractivity contribution in [2.45, 2.75) is 44.1 Å². The second-order valence-electron chi connectivity index (χ2n) is 7.88. The molecule has 4 aliphatic heterocycles. The number of halogens is 1. The van der Waals surface area contributed by atoms with E-state index in [2.05, 4.69) is 4.90 Å². The number of fused-ring (bicyclic) bond motifs is 3. The van der Waals surface area contributed by atoms with E-state index in [0.29, 0.717) is 22.2 Å². The van der Waals surface area contributed by atoms with Crippen molar-refractivity contribution < 1.29 is 9.59 Å². The van der Waals surface area contributed by atoms with E-state index >= 15 is 0 Å². The van der Waals surface area contributed by atoms with Crippen LogP contribution < -0.4 is 5.73 Å². The minimum atomic E-state index is -0.230. The van der Waals surface area contributed by atoms with Crippen molar-refractivity contribution in [2.24, 2.45) is 5.92 Å². The maximum Gasteiger partial charge on any atom is 0.261 e. The Morgan fingerprint density at radius 3 is 2.60 bits per heavy atom. The highest BCUT2D eigenvalue weighted by molar-refractivity contribution is 6.34. The first-order valence-corrected chi connectivity index (χ1v) is 9.64. The molecule has 2 N–H and O–H groups in total. The van der Waals surface area contributed by atoms with Gasteiger partial charge in [-0.15, -0.1) is 0 Å². The lowest BCUT2D eigenvalue weighted by molar-refractivity contribution is -0.136. The van der Waals surface area contributed by atoms with E-state index in [1.54, 1.807) is 11.0 Å². The van der Waals surface area contributed by atoms with Crippen LogP contribution in [0.4, 0.5) is 5.69 Å². The predicted molar refractivity (Wildman–Crippen MR) is 95.7 cm³/mol. The van der Waals surface area contributed by atoms with Crippen molar-refractivity contribution >= 4 is 29.1 Å². The number of imide groups is 1. The number of hydrogen-bond donors (Lipinski definition) is 1. The topological polar surface area (TPSA) is 66.6 Å². The highest BCUT2D eigenvalue weighted by atomic mass is 35.5. The van der Waals surface area contributed by atoms with Gasteiger partial charge in [0.2, 0.25) is 5.91 Å². The minimum Gasteiger partial charge on any atom is -0.397 e. The molecule has 4 heterocycles. The Bertz CT molecular complexity index is 785. The summed E-state index contributed by atoms with van der Waals surface area (Å²) in [6.45, 7) is 2.99. The number of hydrogen-bond acceptors (Lipinski definition) is 4. The number of carbonyl (C=O) groups is 2. The molecule has 0 spiro atoms. The Labute approximate surface area is 152 Å². The Morgan fingerprint density at radius 2 is 1.92 bits per heavy atom. The van der Waals surface area contributed by atoms with Crippen LogP contribution in [0, 0.1) is 5.92 Å². The van der Waals surface area contributed by atoms with Gasteiger partial charge in [0.1, 0.15) is 0 Å². The molecule has 5 nitrogen and oxygen atoms in total. The molecule has 1 aromatic carbocycles. The van der Waals surface area contributed by atoms with Gasteiger partial charge in [-0.25, -0.2) is 0 Å². The summed E-state index contributed by atoms with van der Waals surface area (Å²) >= 11 is 6.31. The van der Waals surface area contributed by atoms with Crippen LogP contribution in [-0.2, 0) is 11.2 Å². The molecule has 2 atom stereocenters. The van der Waals surface area contributed by atoms with Gasteiger partial charge in [-0.2, -0.15) is 0 Å². The molecule has 0 radical (unpaired) electrons. The molecule has 1 aromatic rings. The van der Waals surface area contributed by atoms with Gasteiger partial charge in [0, 0.05) is 12.1 Å². The number of amides is 2. The van der Waals surface area contributed by atoms with Crippen molar-refractivity contribution in [1.29, 1.82) is 0 Å². The molecule has 5 aliphatic rings. The maximum atomic E-state index is 13.3. The van der Waals surface area contributed by atoms with E-state index in [0.717, 1.165) is 62.9 Å². The van der Waals surface area contributed by atoms with Crippen molar-refractivity contribution in [3.05, 3.63) is 27.8 Å². The lowest BCUT2D eigenvalue weighted by Gasteiger charge is -2.50. The van der Waals surface area contributed by atoms with E-state index in [4.69, 9.17) is 17.3 Å². The zero-order chi connectivity index (χ0) is 17.3. The molecule has 25 heavy (non-hydrogen) atoms. The SMILES string of the molecule is Nc1c(Cl)cc2c3c1CCCC3C(=O)N(C1CN3CCC1CC3)C2=O. The molecule has 3 fully saturated rings. The first-order valence-electron chi connectivity index (χ1n) is 9.26. The van der Waals surface area contributed by atoms with Crippen molar-refractivity contribution in [1.82, 2.24) is 9.80 Å². The highest BCUT2D eigenvalue weighted by Crippen LogP contribution is 2.45. The Hall–Kier alpha value is -1.59. The number of nitrogens with zero attached hydrogens (tertiary/aromatic N) is 2. The van der Waals surface area contributed by atoms with E-state index < -0.39 is 0 Å². The van der Waals surface area contributed by atoms with Crippen LogP contribution >= 0.6 is 11.6 Å². The summed E-state index contributed by atoms with van der Waals surface area (Å²) in [5.41, 5.74) is 9.09. The summed E-state index contributed by atoms with van der Waals surface area (Å²) in [7, 11) is 0. The molecule has 1 aliphatic carbocycles. The fourth-order valence-electron chi connectivity index (χ4n) is 5.39. The number of piperidine rings is 3. The molecular weight excluding hydrogens is 338 g/mol. The van der Waals surface area contributed by atoms with Crippen molar-refractivity contribution in [2.75, 3.05) is 25.4 Å². The third kappa shape index (κ3) is 2.12. The van der Waals surface area contributed by atoms with Gasteiger partial charge in [0.25, 0.3) is 5.91 Å². The fraction of sp³-hybridized carbons (Fsp3) is 0.579. The Kier molecular flexibility index (Phi) is 3.41. The first kappa shape index (κ1) is 15.6. The van der Waals surface area contributed by atoms with Crippen LogP contribution in [0.2, 0.25) is 5.02 Å². The van der Waals surface area contributed by atoms with E-state index in [-0.39, 0.29) is 23.8 Å².